The lowest BCUT2D eigenvalue weighted by molar-refractivity contribution is -0.161. The van der Waals surface area contributed by atoms with E-state index < -0.39 is 97.5 Å². The minimum Gasteiger partial charge on any atom is -0.462 e. The minimum absolute atomic E-state index is 0.104. The maximum atomic E-state index is 13.1. The molecule has 0 aromatic carbocycles. The second-order valence-corrected chi connectivity index (χ2v) is 31.7. The lowest BCUT2D eigenvalue weighted by Crippen LogP contribution is -2.30. The minimum atomic E-state index is -4.96. The number of phosphoric ester groups is 2. The zero-order valence-electron chi connectivity index (χ0n) is 62.3. The van der Waals surface area contributed by atoms with Gasteiger partial charge in [0.2, 0.25) is 0 Å². The van der Waals surface area contributed by atoms with Crippen LogP contribution in [0.25, 0.3) is 0 Å². The van der Waals surface area contributed by atoms with Crippen LogP contribution in [0.5, 0.6) is 0 Å². The summed E-state index contributed by atoms with van der Waals surface area (Å²) >= 11 is 0. The van der Waals surface area contributed by atoms with Crippen molar-refractivity contribution < 1.29 is 80.2 Å². The fraction of sp³-hybridized carbons (Fsp3) is 0.947. The van der Waals surface area contributed by atoms with Crippen LogP contribution in [-0.4, -0.2) is 96.7 Å². The van der Waals surface area contributed by atoms with Crippen molar-refractivity contribution in [3.05, 3.63) is 0 Å². The van der Waals surface area contributed by atoms with Gasteiger partial charge >= 0.3 is 39.5 Å². The molecule has 0 amide bonds. The van der Waals surface area contributed by atoms with E-state index in [9.17, 15) is 43.2 Å². The van der Waals surface area contributed by atoms with Crippen LogP contribution in [0.3, 0.4) is 0 Å². The Morgan fingerprint density at radius 3 is 0.747 bits per heavy atom. The summed E-state index contributed by atoms with van der Waals surface area (Å²) in [5.74, 6) is 0.989. The molecule has 5 unspecified atom stereocenters. The zero-order chi connectivity index (χ0) is 70.3. The van der Waals surface area contributed by atoms with Crippen LogP contribution in [0, 0.1) is 23.7 Å². The topological polar surface area (TPSA) is 237 Å². The molecular weight excluding hydrogens is 1250 g/mol. The number of carbonyl (C=O) groups is 4. The van der Waals surface area contributed by atoms with E-state index >= 15 is 0 Å². The molecule has 0 heterocycles. The predicted octanol–water partition coefficient (Wildman–Crippen LogP) is 22.0. The number of hydrogen-bond acceptors (Lipinski definition) is 15. The molecular formula is C76H148O17P2. The molecule has 0 aromatic rings. The fourth-order valence-electron chi connectivity index (χ4n) is 11.5. The Morgan fingerprint density at radius 2 is 0.505 bits per heavy atom. The average Bonchev–Trinajstić information content (AvgIpc) is 2.67. The number of ether oxygens (including phenoxy) is 4. The van der Waals surface area contributed by atoms with Gasteiger partial charge < -0.3 is 33.8 Å². The average molecular weight is 1400 g/mol. The first-order chi connectivity index (χ1) is 45.7. The van der Waals surface area contributed by atoms with Crippen LogP contribution in [0.2, 0.25) is 0 Å². The Morgan fingerprint density at radius 1 is 0.295 bits per heavy atom. The van der Waals surface area contributed by atoms with Crippen LogP contribution in [0.4, 0.5) is 0 Å². The van der Waals surface area contributed by atoms with Gasteiger partial charge in [-0.05, 0) is 49.4 Å². The molecule has 7 atom stereocenters. The van der Waals surface area contributed by atoms with E-state index in [1.54, 1.807) is 0 Å². The highest BCUT2D eigenvalue weighted by Gasteiger charge is 2.30. The molecule has 0 spiro atoms. The Balaban J connectivity index is 5.25. The second-order valence-electron chi connectivity index (χ2n) is 28.8. The third-order valence-corrected chi connectivity index (χ3v) is 20.2. The Kier molecular flexibility index (Phi) is 64.0. The molecule has 0 bridgehead atoms. The number of phosphoric acid groups is 2. The molecule has 3 N–H and O–H groups in total. The van der Waals surface area contributed by atoms with Crippen LogP contribution in [0.15, 0.2) is 0 Å². The van der Waals surface area contributed by atoms with E-state index in [1.807, 2.05) is 0 Å². The zero-order valence-corrected chi connectivity index (χ0v) is 64.1. The highest BCUT2D eigenvalue weighted by Crippen LogP contribution is 2.45. The largest absolute Gasteiger partial charge is 0.472 e. The summed E-state index contributed by atoms with van der Waals surface area (Å²) in [6, 6.07) is 0. The molecule has 0 aliphatic carbocycles. The van der Waals surface area contributed by atoms with Crippen molar-refractivity contribution in [1.29, 1.82) is 0 Å². The SMILES string of the molecule is CCC(C)CCCCCCCCCCCCCCCCC(=O)OC[C@H](COP(=O)(O)OCC(O)COP(=O)(O)OC[C@@H](COC(=O)CCCCCCCCCCC(C)C)OC(=O)CCCCCCCCCCC(C)CC)OC(=O)CCCCCCCCCCCCCC(C)C. The fourth-order valence-corrected chi connectivity index (χ4v) is 13.1. The molecule has 17 nitrogen and oxygen atoms in total. The van der Waals surface area contributed by atoms with E-state index in [4.69, 9.17) is 37.0 Å². The summed E-state index contributed by atoms with van der Waals surface area (Å²) < 4.78 is 68.5. The van der Waals surface area contributed by atoms with Gasteiger partial charge in [0.1, 0.15) is 19.3 Å². The summed E-state index contributed by atoms with van der Waals surface area (Å²) in [4.78, 5) is 72.8. The van der Waals surface area contributed by atoms with Gasteiger partial charge in [-0.15, -0.1) is 0 Å². The van der Waals surface area contributed by atoms with Crippen LogP contribution in [0.1, 0.15) is 383 Å². The van der Waals surface area contributed by atoms with Crippen LogP contribution in [-0.2, 0) is 65.4 Å². The standard InChI is InChI=1S/C76H148O17P2/c1-9-68(7)54-46-38-30-21-17-13-11-12-14-18-22-32-40-48-56-73(78)86-62-71(92-75(80)58-50-42-34-23-19-15-16-20-28-36-44-52-66(3)4)64-90-94(82,83)88-60-70(77)61-89-95(84,85)91-65-72(63-87-74(79)57-49-41-33-26-24-29-37-45-53-67(5)6)93-76(81)59-51-43-35-27-25-31-39-47-55-69(8)10-2/h66-72,77H,9-65H2,1-8H3,(H,82,83)(H,84,85)/t68?,69?,70?,71-,72-/m1/s1. The summed E-state index contributed by atoms with van der Waals surface area (Å²) in [6.45, 7) is 14.2. The molecule has 0 aliphatic rings. The maximum absolute atomic E-state index is 13.1. The second kappa shape index (κ2) is 65.4. The molecule has 564 valence electrons. The maximum Gasteiger partial charge on any atom is 0.472 e. The normalized spacial score (nSPS) is 14.7. The predicted molar refractivity (Wildman–Crippen MR) is 386 cm³/mol. The van der Waals surface area contributed by atoms with Gasteiger partial charge in [0.05, 0.1) is 26.4 Å². The summed E-state index contributed by atoms with van der Waals surface area (Å²) in [5, 5.41) is 10.6. The molecule has 0 aromatic heterocycles. The smallest absolute Gasteiger partial charge is 0.462 e. The molecule has 0 rings (SSSR count). The van der Waals surface area contributed by atoms with Crippen molar-refractivity contribution in [2.75, 3.05) is 39.6 Å². The quantitative estimate of drug-likeness (QED) is 0.0222. The molecule has 0 radical (unpaired) electrons. The van der Waals surface area contributed by atoms with E-state index in [1.165, 1.54) is 186 Å². The molecule has 0 saturated carbocycles. The molecule has 19 heteroatoms. The van der Waals surface area contributed by atoms with Gasteiger partial charge in [-0.3, -0.25) is 37.3 Å². The number of aliphatic hydroxyl groups excluding tert-OH is 1. The Hall–Kier alpha value is -1.94. The van der Waals surface area contributed by atoms with Gasteiger partial charge in [-0.1, -0.05) is 331 Å². The number of esters is 4. The molecule has 0 aliphatic heterocycles. The Bertz CT molecular complexity index is 1870. The van der Waals surface area contributed by atoms with Crippen LogP contribution >= 0.6 is 15.6 Å². The number of unbranched alkanes of at least 4 members (excludes halogenated alkanes) is 37. The van der Waals surface area contributed by atoms with Crippen molar-refractivity contribution in [1.82, 2.24) is 0 Å². The number of rotatable bonds is 73. The van der Waals surface area contributed by atoms with Gasteiger partial charge in [0.25, 0.3) is 0 Å². The van der Waals surface area contributed by atoms with E-state index in [0.717, 1.165) is 114 Å². The van der Waals surface area contributed by atoms with E-state index in [2.05, 4.69) is 55.4 Å². The summed E-state index contributed by atoms with van der Waals surface area (Å²) in [7, 11) is -9.91. The lowest BCUT2D eigenvalue weighted by atomic mass is 9.99. The number of carbonyl (C=O) groups excluding carboxylic acids is 4. The number of aliphatic hydroxyl groups is 1. The van der Waals surface area contributed by atoms with Crippen molar-refractivity contribution in [3.8, 4) is 0 Å². The molecule has 0 fully saturated rings. The first-order valence-corrected chi connectivity index (χ1v) is 42.3. The third kappa shape index (κ3) is 67.6. The first-order valence-electron chi connectivity index (χ1n) is 39.3. The van der Waals surface area contributed by atoms with Gasteiger partial charge in [0.15, 0.2) is 12.2 Å². The Labute approximate surface area is 581 Å². The number of hydrogen-bond donors (Lipinski definition) is 3. The third-order valence-electron chi connectivity index (χ3n) is 18.3. The van der Waals surface area contributed by atoms with Gasteiger partial charge in [-0.25, -0.2) is 9.13 Å². The summed E-state index contributed by atoms with van der Waals surface area (Å²) in [5.41, 5.74) is 0. The lowest BCUT2D eigenvalue weighted by Gasteiger charge is -2.21. The highest BCUT2D eigenvalue weighted by molar-refractivity contribution is 7.47. The monoisotopic (exact) mass is 1400 g/mol. The molecule has 0 saturated heterocycles. The van der Waals surface area contributed by atoms with Gasteiger partial charge in [-0.2, -0.15) is 0 Å². The van der Waals surface area contributed by atoms with Crippen LogP contribution < -0.4 is 0 Å². The van der Waals surface area contributed by atoms with Gasteiger partial charge in [0, 0.05) is 25.7 Å². The first kappa shape index (κ1) is 93.1. The van der Waals surface area contributed by atoms with Crippen molar-refractivity contribution in [3.63, 3.8) is 0 Å². The highest BCUT2D eigenvalue weighted by atomic mass is 31.2. The van der Waals surface area contributed by atoms with E-state index in [-0.39, 0.29) is 25.7 Å². The molecule has 95 heavy (non-hydrogen) atoms. The summed E-state index contributed by atoms with van der Waals surface area (Å²) in [6.07, 6.45) is 49.9. The van der Waals surface area contributed by atoms with Crippen molar-refractivity contribution >= 4 is 39.5 Å². The van der Waals surface area contributed by atoms with E-state index in [0.29, 0.717) is 25.7 Å². The van der Waals surface area contributed by atoms with Crippen molar-refractivity contribution in [2.45, 2.75) is 401 Å². The van der Waals surface area contributed by atoms with Crippen molar-refractivity contribution in [2.24, 2.45) is 23.7 Å².